The number of unbranched alkanes of at least 4 members (excludes halogenated alkanes) is 1. The first kappa shape index (κ1) is 17.0. The number of hydrogen-bond donors (Lipinski definition) is 1. The molecule has 1 aliphatic heterocycles. The van der Waals surface area contributed by atoms with Crippen LogP contribution in [0.5, 0.6) is 0 Å². The van der Waals surface area contributed by atoms with Gasteiger partial charge in [0.25, 0.3) is 5.91 Å². The molecule has 3 rings (SSSR count). The van der Waals surface area contributed by atoms with Crippen LogP contribution in [0.1, 0.15) is 53.4 Å². The molecule has 6 heteroatoms. The third kappa shape index (κ3) is 3.33. The van der Waals surface area contributed by atoms with Gasteiger partial charge in [-0.2, -0.15) is 0 Å². The Kier molecular flexibility index (Phi) is 4.97. The number of fused-ring (bicyclic) bond motifs is 1. The number of rotatable bonds is 5. The van der Waals surface area contributed by atoms with Crippen LogP contribution in [0.25, 0.3) is 0 Å². The van der Waals surface area contributed by atoms with Crippen LogP contribution in [-0.2, 0) is 4.74 Å². The van der Waals surface area contributed by atoms with E-state index in [0.717, 1.165) is 18.4 Å². The summed E-state index contributed by atoms with van der Waals surface area (Å²) in [5, 5.41) is 9.24. The van der Waals surface area contributed by atoms with E-state index in [4.69, 9.17) is 4.74 Å². The van der Waals surface area contributed by atoms with Crippen LogP contribution in [0.4, 0.5) is 4.79 Å². The Bertz CT molecular complexity index is 763. The number of nitrogens with zero attached hydrogens (tertiary/aromatic N) is 2. The van der Waals surface area contributed by atoms with Crippen LogP contribution in [0, 0.1) is 0 Å². The highest BCUT2D eigenvalue weighted by Gasteiger charge is 2.42. The highest BCUT2D eigenvalue weighted by atomic mass is 16.7. The van der Waals surface area contributed by atoms with Gasteiger partial charge in [-0.3, -0.25) is 9.78 Å². The van der Waals surface area contributed by atoms with Gasteiger partial charge in [0.1, 0.15) is 6.04 Å². The number of carbonyl (C=O) groups excluding carboxylic acids is 1. The van der Waals surface area contributed by atoms with Crippen LogP contribution < -0.4 is 0 Å². The Labute approximate surface area is 146 Å². The second-order valence-corrected chi connectivity index (χ2v) is 5.97. The summed E-state index contributed by atoms with van der Waals surface area (Å²) >= 11 is 0. The number of carbonyl (C=O) groups is 2. The maximum Gasteiger partial charge on any atom is 0.506 e. The largest absolute Gasteiger partial charge is 0.506 e. The third-order valence-corrected chi connectivity index (χ3v) is 4.39. The van der Waals surface area contributed by atoms with E-state index < -0.39 is 18.3 Å². The summed E-state index contributed by atoms with van der Waals surface area (Å²) in [7, 11) is 0. The van der Waals surface area contributed by atoms with E-state index in [0.29, 0.717) is 17.7 Å². The van der Waals surface area contributed by atoms with Crippen molar-refractivity contribution in [1.29, 1.82) is 0 Å². The van der Waals surface area contributed by atoms with E-state index in [1.807, 2.05) is 13.0 Å². The van der Waals surface area contributed by atoms with Gasteiger partial charge in [0.2, 0.25) is 0 Å². The number of pyridine rings is 1. The van der Waals surface area contributed by atoms with Crippen molar-refractivity contribution in [2.45, 2.75) is 31.9 Å². The van der Waals surface area contributed by atoms with Gasteiger partial charge in [0, 0.05) is 30.1 Å². The molecular weight excluding hydrogens is 320 g/mol. The second-order valence-electron chi connectivity index (χ2n) is 5.97. The average Bonchev–Trinajstić information content (AvgIpc) is 2.63. The topological polar surface area (TPSA) is 79.7 Å². The molecular formula is C19H20N2O4. The zero-order valence-corrected chi connectivity index (χ0v) is 14.0. The minimum Gasteiger partial charge on any atom is -0.450 e. The fraction of sp³-hybridized carbons (Fsp3) is 0.316. The van der Waals surface area contributed by atoms with E-state index >= 15 is 0 Å². The van der Waals surface area contributed by atoms with Crippen molar-refractivity contribution in [3.63, 3.8) is 0 Å². The second kappa shape index (κ2) is 7.34. The van der Waals surface area contributed by atoms with E-state index in [2.05, 4.69) is 4.98 Å². The Morgan fingerprint density at radius 1 is 1.28 bits per heavy atom. The van der Waals surface area contributed by atoms with E-state index in [9.17, 15) is 14.7 Å². The molecule has 0 saturated carbocycles. The van der Waals surface area contributed by atoms with Gasteiger partial charge in [-0.1, -0.05) is 37.6 Å². The summed E-state index contributed by atoms with van der Waals surface area (Å²) in [5.41, 5.74) is 1.84. The number of benzene rings is 1. The lowest BCUT2D eigenvalue weighted by Gasteiger charge is -2.41. The lowest BCUT2D eigenvalue weighted by Crippen LogP contribution is -2.44. The Balaban J connectivity index is 2.13. The van der Waals surface area contributed by atoms with E-state index in [-0.39, 0.29) is 5.91 Å². The molecule has 1 aromatic heterocycles. The number of ether oxygens (including phenoxy) is 1. The maximum atomic E-state index is 13.0. The molecule has 25 heavy (non-hydrogen) atoms. The van der Waals surface area contributed by atoms with Crippen molar-refractivity contribution in [1.82, 2.24) is 9.88 Å². The molecule has 6 nitrogen and oxygen atoms in total. The molecule has 2 aromatic rings. The van der Waals surface area contributed by atoms with Crippen molar-refractivity contribution in [3.8, 4) is 0 Å². The summed E-state index contributed by atoms with van der Waals surface area (Å²) in [6, 6.07) is 10.1. The summed E-state index contributed by atoms with van der Waals surface area (Å²) in [6.45, 7) is 2.58. The van der Waals surface area contributed by atoms with Crippen LogP contribution in [0.2, 0.25) is 0 Å². The molecule has 1 aliphatic rings. The number of hydrogen-bond acceptors (Lipinski definition) is 4. The predicted octanol–water partition coefficient (Wildman–Crippen LogP) is 3.81. The van der Waals surface area contributed by atoms with Crippen molar-refractivity contribution >= 4 is 12.1 Å². The average molecular weight is 340 g/mol. The highest BCUT2D eigenvalue weighted by Crippen LogP contribution is 2.43. The molecule has 0 saturated heterocycles. The molecule has 0 fully saturated rings. The van der Waals surface area contributed by atoms with Crippen molar-refractivity contribution in [3.05, 3.63) is 65.5 Å². The SMILES string of the molecule is CCCCN1C(=O)c2ccccc2C(OC(=O)O)C1c1cccnc1. The van der Waals surface area contributed by atoms with Crippen LogP contribution in [0.3, 0.4) is 0 Å². The third-order valence-electron chi connectivity index (χ3n) is 4.39. The molecule has 2 atom stereocenters. The zero-order chi connectivity index (χ0) is 17.8. The lowest BCUT2D eigenvalue weighted by atomic mass is 9.87. The standard InChI is InChI=1S/C19H20N2O4/c1-2-3-11-21-16(13-7-6-10-20-12-13)17(25-19(23)24)14-8-4-5-9-15(14)18(21)22/h4-10,12,16-17H,2-3,11H2,1H3,(H,23,24). The lowest BCUT2D eigenvalue weighted by molar-refractivity contribution is -0.00686. The van der Waals surface area contributed by atoms with Gasteiger partial charge in [-0.15, -0.1) is 0 Å². The van der Waals surface area contributed by atoms with Crippen LogP contribution >= 0.6 is 0 Å². The first-order valence-corrected chi connectivity index (χ1v) is 8.33. The minimum absolute atomic E-state index is 0.108. The van der Waals surface area contributed by atoms with Gasteiger partial charge >= 0.3 is 6.16 Å². The predicted molar refractivity (Wildman–Crippen MR) is 91.2 cm³/mol. The number of aromatic nitrogens is 1. The van der Waals surface area contributed by atoms with E-state index in [1.165, 1.54) is 0 Å². The zero-order valence-electron chi connectivity index (χ0n) is 14.0. The molecule has 0 radical (unpaired) electrons. The number of amides is 1. The molecule has 2 unspecified atom stereocenters. The normalized spacial score (nSPS) is 19.4. The number of carboxylic acid groups (broad SMARTS) is 1. The molecule has 1 aromatic carbocycles. The van der Waals surface area contributed by atoms with Crippen LogP contribution in [-0.4, -0.2) is 33.6 Å². The van der Waals surface area contributed by atoms with Crippen LogP contribution in [0.15, 0.2) is 48.8 Å². The first-order valence-electron chi connectivity index (χ1n) is 8.33. The Morgan fingerprint density at radius 3 is 2.76 bits per heavy atom. The van der Waals surface area contributed by atoms with Gasteiger partial charge in [-0.25, -0.2) is 4.79 Å². The Morgan fingerprint density at radius 2 is 2.08 bits per heavy atom. The monoisotopic (exact) mass is 340 g/mol. The van der Waals surface area contributed by atoms with Gasteiger partial charge in [0.15, 0.2) is 6.10 Å². The summed E-state index contributed by atoms with van der Waals surface area (Å²) in [4.78, 5) is 30.2. The summed E-state index contributed by atoms with van der Waals surface area (Å²) in [6.07, 6.45) is 2.90. The fourth-order valence-corrected chi connectivity index (χ4v) is 3.27. The molecule has 2 heterocycles. The fourth-order valence-electron chi connectivity index (χ4n) is 3.27. The van der Waals surface area contributed by atoms with Gasteiger partial charge < -0.3 is 14.7 Å². The van der Waals surface area contributed by atoms with Crippen molar-refractivity contribution in [2.24, 2.45) is 0 Å². The van der Waals surface area contributed by atoms with E-state index in [1.54, 1.807) is 47.6 Å². The molecule has 1 N–H and O–H groups in total. The molecule has 1 amide bonds. The van der Waals surface area contributed by atoms with Gasteiger partial charge in [-0.05, 0) is 24.1 Å². The highest BCUT2D eigenvalue weighted by molar-refractivity contribution is 5.97. The molecule has 130 valence electrons. The molecule has 0 bridgehead atoms. The maximum absolute atomic E-state index is 13.0. The minimum atomic E-state index is -1.36. The van der Waals surface area contributed by atoms with Gasteiger partial charge in [0.05, 0.1) is 0 Å². The Hall–Kier alpha value is -2.89. The summed E-state index contributed by atoms with van der Waals surface area (Å²) in [5.74, 6) is -0.108. The summed E-state index contributed by atoms with van der Waals surface area (Å²) < 4.78 is 5.24. The van der Waals surface area contributed by atoms with Crippen molar-refractivity contribution in [2.75, 3.05) is 6.54 Å². The van der Waals surface area contributed by atoms with Crippen molar-refractivity contribution < 1.29 is 19.4 Å². The molecule has 0 aliphatic carbocycles. The first-order chi connectivity index (χ1) is 12.1. The smallest absolute Gasteiger partial charge is 0.450 e. The quantitative estimate of drug-likeness (QED) is 0.837. The molecule has 0 spiro atoms.